The Hall–Kier alpha value is -3.74. The molecule has 0 spiro atoms. The van der Waals surface area contributed by atoms with Gasteiger partial charge in [-0.3, -0.25) is 9.78 Å². The number of hydrogen-bond donors (Lipinski definition) is 4. The summed E-state index contributed by atoms with van der Waals surface area (Å²) in [6.45, 7) is 5.19. The maximum Gasteiger partial charge on any atom is 0.228 e. The van der Waals surface area contributed by atoms with Crippen molar-refractivity contribution in [2.75, 3.05) is 36.3 Å². The average Bonchev–Trinajstić information content (AvgIpc) is 3.44. The van der Waals surface area contributed by atoms with Gasteiger partial charge < -0.3 is 35.5 Å². The number of H-pyrrole nitrogens is 1. The fourth-order valence-electron chi connectivity index (χ4n) is 4.82. The van der Waals surface area contributed by atoms with Crippen LogP contribution in [0.15, 0.2) is 12.4 Å². The number of methoxy groups -OCH3 is 1. The number of fused-ring (bicyclic) bond motifs is 1. The number of ether oxygens (including phenoxy) is 2. The highest BCUT2D eigenvalue weighted by molar-refractivity contribution is 6.32. The molecule has 1 saturated heterocycles. The van der Waals surface area contributed by atoms with E-state index >= 15 is 0 Å². The molecule has 0 radical (unpaired) electrons. The first-order chi connectivity index (χ1) is 18.3. The molecule has 3 aromatic heterocycles. The molecule has 5 heterocycles. The Balaban J connectivity index is 1.45. The number of nitrogens with two attached hydrogens (primary N) is 1. The molecule has 38 heavy (non-hydrogen) atoms. The topological polar surface area (TPSA) is 164 Å². The van der Waals surface area contributed by atoms with Crippen LogP contribution in [0.2, 0.25) is 5.15 Å². The molecule has 0 saturated carbocycles. The molecule has 2 aliphatic rings. The molecule has 1 atom stereocenters. The predicted octanol–water partition coefficient (Wildman–Crippen LogP) is 2.70. The molecule has 1 fully saturated rings. The molecule has 0 bridgehead atoms. The summed E-state index contributed by atoms with van der Waals surface area (Å²) in [5.74, 6) is 1.75. The average molecular weight is 541 g/mol. The maximum absolute atomic E-state index is 12.6. The number of aliphatic hydroxyl groups is 1. The van der Waals surface area contributed by atoms with E-state index in [1.807, 2.05) is 13.8 Å². The SMILES string of the molecule is COc1c(C)cnc(CN2c3nc(N)nc(Cl)c3/C(=C/c3ncc(NC(=O)C4CCOCC4)[nH]3)C2O)c1C. The number of carbonyl (C=O) groups is 1. The van der Waals surface area contributed by atoms with Crippen molar-refractivity contribution in [1.82, 2.24) is 24.9 Å². The molecular weight excluding hydrogens is 512 g/mol. The number of aliphatic hydroxyl groups excluding tert-OH is 1. The maximum atomic E-state index is 12.6. The standard InChI is InChI=1S/C25H29ClN8O4/c1-12-9-28-16(13(2)20(12)37-3)11-34-22-19(21(26)32-25(27)33-22)15(24(34)36)8-17-29-10-18(30-17)31-23(35)14-4-6-38-7-5-14/h8-10,14,24,36H,4-7,11H2,1-3H3,(H,29,30)(H,31,35)(H2,27,32,33)/b15-8-. The van der Waals surface area contributed by atoms with Crippen molar-refractivity contribution < 1.29 is 19.4 Å². The van der Waals surface area contributed by atoms with E-state index in [0.717, 1.165) is 16.9 Å². The molecule has 5 N–H and O–H groups in total. The second-order valence-electron chi connectivity index (χ2n) is 9.28. The molecule has 5 rings (SSSR count). The van der Waals surface area contributed by atoms with Gasteiger partial charge in [-0.2, -0.15) is 4.98 Å². The van der Waals surface area contributed by atoms with E-state index in [1.165, 1.54) is 6.20 Å². The molecule has 12 nitrogen and oxygen atoms in total. The molecule has 1 amide bonds. The van der Waals surface area contributed by atoms with E-state index in [2.05, 4.69) is 30.2 Å². The van der Waals surface area contributed by atoms with Gasteiger partial charge in [-0.25, -0.2) is 9.97 Å². The lowest BCUT2D eigenvalue weighted by Crippen LogP contribution is -2.32. The minimum atomic E-state index is -1.14. The number of pyridine rings is 1. The largest absolute Gasteiger partial charge is 0.496 e. The van der Waals surface area contributed by atoms with Gasteiger partial charge in [-0.15, -0.1) is 0 Å². The first kappa shape index (κ1) is 25.9. The summed E-state index contributed by atoms with van der Waals surface area (Å²) >= 11 is 6.49. The van der Waals surface area contributed by atoms with Crippen molar-refractivity contribution in [3.63, 3.8) is 0 Å². The summed E-state index contributed by atoms with van der Waals surface area (Å²) in [6, 6.07) is 0. The van der Waals surface area contributed by atoms with Crippen LogP contribution in [0.1, 0.15) is 41.1 Å². The predicted molar refractivity (Wildman–Crippen MR) is 143 cm³/mol. The Labute approximate surface area is 224 Å². The smallest absolute Gasteiger partial charge is 0.228 e. The third-order valence-corrected chi connectivity index (χ3v) is 7.08. The molecule has 2 aliphatic heterocycles. The van der Waals surface area contributed by atoms with E-state index < -0.39 is 6.23 Å². The number of aromatic amines is 1. The number of rotatable bonds is 6. The van der Waals surface area contributed by atoms with Crippen molar-refractivity contribution in [2.45, 2.75) is 39.5 Å². The summed E-state index contributed by atoms with van der Waals surface area (Å²) < 4.78 is 10.9. The number of carbonyl (C=O) groups excluding carboxylic acids is 1. The fraction of sp³-hybridized carbons (Fsp3) is 0.400. The number of amides is 1. The van der Waals surface area contributed by atoms with Gasteiger partial charge in [0.25, 0.3) is 0 Å². The van der Waals surface area contributed by atoms with Crippen molar-refractivity contribution in [3.8, 4) is 5.75 Å². The van der Waals surface area contributed by atoms with Crippen molar-refractivity contribution in [3.05, 3.63) is 45.8 Å². The zero-order chi connectivity index (χ0) is 27.0. The second kappa shape index (κ2) is 10.6. The Kier molecular flexibility index (Phi) is 7.19. The number of imidazole rings is 1. The van der Waals surface area contributed by atoms with Gasteiger partial charge in [0.2, 0.25) is 11.9 Å². The fourth-order valence-corrected chi connectivity index (χ4v) is 5.10. The normalized spacial score (nSPS) is 18.6. The molecule has 200 valence electrons. The van der Waals surface area contributed by atoms with E-state index in [4.69, 9.17) is 26.8 Å². The van der Waals surface area contributed by atoms with Crippen LogP contribution < -0.4 is 20.7 Å². The minimum Gasteiger partial charge on any atom is -0.496 e. The number of nitrogens with zero attached hydrogens (tertiary/aromatic N) is 5. The number of aromatic nitrogens is 5. The first-order valence-corrected chi connectivity index (χ1v) is 12.6. The van der Waals surface area contributed by atoms with Gasteiger partial charge in [-0.05, 0) is 32.8 Å². The van der Waals surface area contributed by atoms with Crippen molar-refractivity contribution in [1.29, 1.82) is 0 Å². The van der Waals surface area contributed by atoms with Gasteiger partial charge in [0.15, 0.2) is 6.23 Å². The number of nitrogens with one attached hydrogen (secondary N) is 2. The van der Waals surface area contributed by atoms with Gasteiger partial charge in [0, 0.05) is 42.0 Å². The van der Waals surface area contributed by atoms with Gasteiger partial charge in [-0.1, -0.05) is 11.6 Å². The van der Waals surface area contributed by atoms with E-state index in [1.54, 1.807) is 24.3 Å². The number of halogens is 1. The number of aryl methyl sites for hydroxylation is 1. The highest BCUT2D eigenvalue weighted by Gasteiger charge is 2.37. The summed E-state index contributed by atoms with van der Waals surface area (Å²) in [4.78, 5) is 34.7. The van der Waals surface area contributed by atoms with Gasteiger partial charge >= 0.3 is 0 Å². The third kappa shape index (κ3) is 4.89. The Bertz CT molecular complexity index is 1400. The molecule has 13 heteroatoms. The van der Waals surface area contributed by atoms with Crippen LogP contribution in [0.5, 0.6) is 5.75 Å². The lowest BCUT2D eigenvalue weighted by atomic mass is 9.99. The first-order valence-electron chi connectivity index (χ1n) is 12.2. The van der Waals surface area contributed by atoms with Crippen LogP contribution in [0.4, 0.5) is 17.6 Å². The van der Waals surface area contributed by atoms with Crippen LogP contribution >= 0.6 is 11.6 Å². The zero-order valence-electron chi connectivity index (χ0n) is 21.3. The minimum absolute atomic E-state index is 0.0190. The quantitative estimate of drug-likeness (QED) is 0.341. The van der Waals surface area contributed by atoms with Crippen molar-refractivity contribution in [2.24, 2.45) is 5.92 Å². The molecule has 0 aromatic carbocycles. The lowest BCUT2D eigenvalue weighted by molar-refractivity contribution is -0.122. The Morgan fingerprint density at radius 2 is 2.08 bits per heavy atom. The van der Waals surface area contributed by atoms with Crippen LogP contribution in [-0.2, 0) is 16.1 Å². The van der Waals surface area contributed by atoms with Gasteiger partial charge in [0.1, 0.15) is 28.4 Å². The third-order valence-electron chi connectivity index (χ3n) is 6.80. The summed E-state index contributed by atoms with van der Waals surface area (Å²) in [6.07, 6.45) is 5.11. The summed E-state index contributed by atoms with van der Waals surface area (Å²) in [5.41, 5.74) is 9.22. The molecule has 3 aromatic rings. The van der Waals surface area contributed by atoms with Crippen LogP contribution in [-0.4, -0.2) is 62.5 Å². The van der Waals surface area contributed by atoms with Crippen LogP contribution in [0.3, 0.4) is 0 Å². The van der Waals surface area contributed by atoms with Gasteiger partial charge in [0.05, 0.1) is 31.1 Å². The molecular formula is C25H29ClN8O4. The number of hydrogen-bond acceptors (Lipinski definition) is 10. The van der Waals surface area contributed by atoms with E-state index in [-0.39, 0.29) is 29.5 Å². The van der Waals surface area contributed by atoms with E-state index in [0.29, 0.717) is 60.3 Å². The van der Waals surface area contributed by atoms with Crippen LogP contribution in [0.25, 0.3) is 11.6 Å². The van der Waals surface area contributed by atoms with Crippen molar-refractivity contribution >= 4 is 46.7 Å². The Morgan fingerprint density at radius 1 is 1.32 bits per heavy atom. The highest BCUT2D eigenvalue weighted by atomic mass is 35.5. The summed E-state index contributed by atoms with van der Waals surface area (Å²) in [5, 5.41) is 14.4. The zero-order valence-corrected chi connectivity index (χ0v) is 22.0. The highest BCUT2D eigenvalue weighted by Crippen LogP contribution is 2.43. The van der Waals surface area contributed by atoms with Crippen LogP contribution in [0, 0.1) is 19.8 Å². The molecule has 1 unspecified atom stereocenters. The summed E-state index contributed by atoms with van der Waals surface area (Å²) in [7, 11) is 1.61. The van der Waals surface area contributed by atoms with E-state index in [9.17, 15) is 9.90 Å². The monoisotopic (exact) mass is 540 g/mol. The second-order valence-corrected chi connectivity index (χ2v) is 9.63. The molecule has 0 aliphatic carbocycles. The lowest BCUT2D eigenvalue weighted by Gasteiger charge is -2.24. The Morgan fingerprint density at radius 3 is 2.82 bits per heavy atom. The number of anilines is 3. The number of nitrogen functional groups attached to an aromatic ring is 1.